The van der Waals surface area contributed by atoms with Crippen LogP contribution in [0.3, 0.4) is 0 Å². The van der Waals surface area contributed by atoms with Crippen molar-refractivity contribution >= 4 is 5.82 Å². The number of hydrogen-bond acceptors (Lipinski definition) is 4. The van der Waals surface area contributed by atoms with Crippen molar-refractivity contribution in [2.24, 2.45) is 0 Å². The molecule has 1 aromatic carbocycles. The van der Waals surface area contributed by atoms with Crippen LogP contribution in [0.15, 0.2) is 36.5 Å². The first-order chi connectivity index (χ1) is 9.98. The van der Waals surface area contributed by atoms with Gasteiger partial charge in [-0.1, -0.05) is 19.1 Å². The molecule has 0 aliphatic rings. The van der Waals surface area contributed by atoms with E-state index in [0.717, 1.165) is 13.0 Å². The van der Waals surface area contributed by atoms with Gasteiger partial charge in [0.05, 0.1) is 0 Å². The van der Waals surface area contributed by atoms with E-state index in [1.807, 2.05) is 6.92 Å². The summed E-state index contributed by atoms with van der Waals surface area (Å²) in [5.74, 6) is 0.670. The molecule has 2 aromatic rings. The lowest BCUT2D eigenvalue weighted by molar-refractivity contribution is -0.274. The molecule has 0 amide bonds. The predicted octanol–water partition coefficient (Wildman–Crippen LogP) is 3.86. The Morgan fingerprint density at radius 1 is 1.24 bits per heavy atom. The van der Waals surface area contributed by atoms with Gasteiger partial charge in [0, 0.05) is 18.3 Å². The SMILES string of the molecule is CCCNc1ccnc(-c2cccc(OC(F)(F)F)c2)n1. The maximum atomic E-state index is 12.2. The minimum Gasteiger partial charge on any atom is -0.406 e. The fraction of sp³-hybridized carbons (Fsp3) is 0.286. The first-order valence-corrected chi connectivity index (χ1v) is 6.41. The molecular weight excluding hydrogens is 283 g/mol. The zero-order chi connectivity index (χ0) is 15.3. The molecule has 0 bridgehead atoms. The summed E-state index contributed by atoms with van der Waals surface area (Å²) in [5, 5.41) is 3.09. The average Bonchev–Trinajstić information content (AvgIpc) is 2.44. The topological polar surface area (TPSA) is 47.0 Å². The van der Waals surface area contributed by atoms with Crippen molar-refractivity contribution in [2.75, 3.05) is 11.9 Å². The molecule has 1 aromatic heterocycles. The van der Waals surface area contributed by atoms with Gasteiger partial charge in [-0.3, -0.25) is 0 Å². The molecule has 0 aliphatic carbocycles. The van der Waals surface area contributed by atoms with E-state index in [1.165, 1.54) is 18.2 Å². The van der Waals surface area contributed by atoms with Gasteiger partial charge in [-0.05, 0) is 24.6 Å². The minimum atomic E-state index is -4.72. The van der Waals surface area contributed by atoms with Gasteiger partial charge in [-0.25, -0.2) is 9.97 Å². The minimum absolute atomic E-state index is 0.296. The van der Waals surface area contributed by atoms with Gasteiger partial charge < -0.3 is 10.1 Å². The third-order valence-electron chi connectivity index (χ3n) is 2.54. The lowest BCUT2D eigenvalue weighted by Gasteiger charge is -2.10. The highest BCUT2D eigenvalue weighted by molar-refractivity contribution is 5.59. The van der Waals surface area contributed by atoms with E-state index < -0.39 is 6.36 Å². The zero-order valence-corrected chi connectivity index (χ0v) is 11.3. The van der Waals surface area contributed by atoms with Crippen molar-refractivity contribution in [1.29, 1.82) is 0 Å². The number of nitrogens with zero attached hydrogens (tertiary/aromatic N) is 2. The number of ether oxygens (including phenoxy) is 1. The van der Waals surface area contributed by atoms with E-state index in [2.05, 4.69) is 20.0 Å². The highest BCUT2D eigenvalue weighted by atomic mass is 19.4. The molecule has 1 heterocycles. The second kappa shape index (κ2) is 6.43. The Balaban J connectivity index is 2.23. The van der Waals surface area contributed by atoms with Crippen LogP contribution in [0.5, 0.6) is 5.75 Å². The molecule has 21 heavy (non-hydrogen) atoms. The Bertz CT molecular complexity index is 602. The molecular formula is C14H14F3N3O. The third kappa shape index (κ3) is 4.62. The molecule has 0 radical (unpaired) electrons. The highest BCUT2D eigenvalue weighted by Crippen LogP contribution is 2.26. The van der Waals surface area contributed by atoms with Crippen LogP contribution in [-0.2, 0) is 0 Å². The van der Waals surface area contributed by atoms with Gasteiger partial charge in [0.25, 0.3) is 0 Å². The Labute approximate surface area is 120 Å². The van der Waals surface area contributed by atoms with E-state index >= 15 is 0 Å². The van der Waals surface area contributed by atoms with Gasteiger partial charge in [0.2, 0.25) is 0 Å². The summed E-state index contributed by atoms with van der Waals surface area (Å²) in [4.78, 5) is 8.33. The van der Waals surface area contributed by atoms with Crippen LogP contribution >= 0.6 is 0 Å². The van der Waals surface area contributed by atoms with Gasteiger partial charge in [0.15, 0.2) is 5.82 Å². The summed E-state index contributed by atoms with van der Waals surface area (Å²) in [6.07, 6.45) is -2.23. The van der Waals surface area contributed by atoms with Crippen molar-refractivity contribution in [3.05, 3.63) is 36.5 Å². The van der Waals surface area contributed by atoms with Crippen molar-refractivity contribution in [3.8, 4) is 17.1 Å². The molecule has 0 spiro atoms. The van der Waals surface area contributed by atoms with Crippen LogP contribution in [-0.4, -0.2) is 22.9 Å². The Hall–Kier alpha value is -2.31. The lowest BCUT2D eigenvalue weighted by atomic mass is 10.2. The maximum absolute atomic E-state index is 12.2. The molecule has 1 N–H and O–H groups in total. The van der Waals surface area contributed by atoms with Crippen LogP contribution < -0.4 is 10.1 Å². The fourth-order valence-corrected chi connectivity index (χ4v) is 1.68. The molecule has 0 aliphatic heterocycles. The van der Waals surface area contributed by atoms with Crippen molar-refractivity contribution in [2.45, 2.75) is 19.7 Å². The third-order valence-corrected chi connectivity index (χ3v) is 2.54. The summed E-state index contributed by atoms with van der Waals surface area (Å²) < 4.78 is 40.5. The quantitative estimate of drug-likeness (QED) is 0.910. The largest absolute Gasteiger partial charge is 0.573 e. The predicted molar refractivity (Wildman–Crippen MR) is 72.9 cm³/mol. The monoisotopic (exact) mass is 297 g/mol. The van der Waals surface area contributed by atoms with Crippen LogP contribution in [0, 0.1) is 0 Å². The van der Waals surface area contributed by atoms with Crippen LogP contribution in [0.2, 0.25) is 0 Å². The number of benzene rings is 1. The molecule has 0 saturated heterocycles. The summed E-state index contributed by atoms with van der Waals surface area (Å²) in [5.41, 5.74) is 0.455. The number of aromatic nitrogens is 2. The normalized spacial score (nSPS) is 11.2. The van der Waals surface area contributed by atoms with Crippen LogP contribution in [0.4, 0.5) is 19.0 Å². The van der Waals surface area contributed by atoms with E-state index in [-0.39, 0.29) is 5.75 Å². The number of rotatable bonds is 5. The number of alkyl halides is 3. The highest BCUT2D eigenvalue weighted by Gasteiger charge is 2.31. The number of hydrogen-bond donors (Lipinski definition) is 1. The van der Waals surface area contributed by atoms with Crippen molar-refractivity contribution < 1.29 is 17.9 Å². The van der Waals surface area contributed by atoms with Gasteiger partial charge >= 0.3 is 6.36 Å². The standard InChI is InChI=1S/C14H14F3N3O/c1-2-7-18-12-6-8-19-13(20-12)10-4-3-5-11(9-10)21-14(15,16)17/h3-6,8-9H,2,7H2,1H3,(H,18,19,20). The number of anilines is 1. The first kappa shape index (κ1) is 15.1. The van der Waals surface area contributed by atoms with Crippen molar-refractivity contribution in [1.82, 2.24) is 9.97 Å². The zero-order valence-electron chi connectivity index (χ0n) is 11.3. The number of nitrogens with one attached hydrogen (secondary N) is 1. The van der Waals surface area contributed by atoms with Crippen molar-refractivity contribution in [3.63, 3.8) is 0 Å². The van der Waals surface area contributed by atoms with E-state index in [1.54, 1.807) is 18.3 Å². The van der Waals surface area contributed by atoms with Crippen LogP contribution in [0.25, 0.3) is 11.4 Å². The molecule has 4 nitrogen and oxygen atoms in total. The molecule has 0 atom stereocenters. The Morgan fingerprint density at radius 3 is 2.76 bits per heavy atom. The Morgan fingerprint density at radius 2 is 2.05 bits per heavy atom. The average molecular weight is 297 g/mol. The Kier molecular flexibility index (Phi) is 4.62. The summed E-state index contributed by atoms with van der Waals surface area (Å²) in [7, 11) is 0. The second-order valence-electron chi connectivity index (χ2n) is 4.27. The first-order valence-electron chi connectivity index (χ1n) is 6.41. The molecule has 112 valence electrons. The second-order valence-corrected chi connectivity index (χ2v) is 4.27. The summed E-state index contributed by atoms with van der Waals surface area (Å²) >= 11 is 0. The van der Waals surface area contributed by atoms with Gasteiger partial charge in [-0.15, -0.1) is 13.2 Å². The van der Waals surface area contributed by atoms with E-state index in [9.17, 15) is 13.2 Å². The van der Waals surface area contributed by atoms with Crippen LogP contribution in [0.1, 0.15) is 13.3 Å². The lowest BCUT2D eigenvalue weighted by Crippen LogP contribution is -2.17. The molecule has 0 unspecified atom stereocenters. The summed E-state index contributed by atoms with van der Waals surface area (Å²) in [6, 6.07) is 7.28. The maximum Gasteiger partial charge on any atom is 0.573 e. The number of halogens is 3. The van der Waals surface area contributed by atoms with Gasteiger partial charge in [-0.2, -0.15) is 0 Å². The van der Waals surface area contributed by atoms with E-state index in [4.69, 9.17) is 0 Å². The molecule has 2 rings (SSSR count). The summed E-state index contributed by atoms with van der Waals surface area (Å²) in [6.45, 7) is 2.78. The van der Waals surface area contributed by atoms with Gasteiger partial charge in [0.1, 0.15) is 11.6 Å². The fourth-order valence-electron chi connectivity index (χ4n) is 1.68. The smallest absolute Gasteiger partial charge is 0.406 e. The molecule has 0 fully saturated rings. The molecule has 0 saturated carbocycles. The molecule has 7 heteroatoms. The van der Waals surface area contributed by atoms with E-state index in [0.29, 0.717) is 17.2 Å².